The second-order valence-electron chi connectivity index (χ2n) is 4.03. The number of hydrogen-bond acceptors (Lipinski definition) is 4. The SMILES string of the molecule is COC(=O)C1CC(Oc2ccc(Br)cc2Br)CN1.Cl. The van der Waals surface area contributed by atoms with E-state index in [9.17, 15) is 4.79 Å². The fraction of sp³-hybridized carbons (Fsp3) is 0.417. The van der Waals surface area contributed by atoms with Crippen molar-refractivity contribution in [2.24, 2.45) is 0 Å². The molecule has 1 heterocycles. The molecule has 0 aliphatic carbocycles. The van der Waals surface area contributed by atoms with E-state index in [0.717, 1.165) is 14.7 Å². The van der Waals surface area contributed by atoms with Crippen molar-refractivity contribution in [1.82, 2.24) is 5.32 Å². The molecule has 4 nitrogen and oxygen atoms in total. The molecule has 7 heteroatoms. The Morgan fingerprint density at radius 3 is 2.79 bits per heavy atom. The van der Waals surface area contributed by atoms with E-state index in [0.29, 0.717) is 13.0 Å². The van der Waals surface area contributed by atoms with Crippen LogP contribution in [0.15, 0.2) is 27.1 Å². The summed E-state index contributed by atoms with van der Waals surface area (Å²) in [6, 6.07) is 5.46. The van der Waals surface area contributed by atoms with Crippen LogP contribution in [-0.4, -0.2) is 31.8 Å². The van der Waals surface area contributed by atoms with Gasteiger partial charge < -0.3 is 14.8 Å². The van der Waals surface area contributed by atoms with Crippen LogP contribution < -0.4 is 10.1 Å². The third kappa shape index (κ3) is 4.34. The first-order valence-corrected chi connectivity index (χ1v) is 7.11. The Morgan fingerprint density at radius 2 is 2.16 bits per heavy atom. The van der Waals surface area contributed by atoms with Gasteiger partial charge in [-0.1, -0.05) is 15.9 Å². The molecule has 0 amide bonds. The van der Waals surface area contributed by atoms with Crippen LogP contribution in [0, 0.1) is 0 Å². The summed E-state index contributed by atoms with van der Waals surface area (Å²) in [4.78, 5) is 11.4. The van der Waals surface area contributed by atoms with Crippen molar-refractivity contribution in [3.63, 3.8) is 0 Å². The summed E-state index contributed by atoms with van der Waals surface area (Å²) < 4.78 is 12.4. The highest BCUT2D eigenvalue weighted by Gasteiger charge is 2.31. The Bertz CT molecular complexity index is 459. The first-order valence-electron chi connectivity index (χ1n) is 5.53. The molecule has 0 bridgehead atoms. The molecule has 2 rings (SSSR count). The van der Waals surface area contributed by atoms with Gasteiger partial charge in [0.1, 0.15) is 17.9 Å². The average Bonchev–Trinajstić information content (AvgIpc) is 2.80. The number of ether oxygens (including phenoxy) is 2. The number of halogens is 3. The molecule has 1 saturated heterocycles. The second kappa shape index (κ2) is 7.47. The molecule has 1 aliphatic rings. The summed E-state index contributed by atoms with van der Waals surface area (Å²) in [6.45, 7) is 0.641. The van der Waals surface area contributed by atoms with Crippen LogP contribution in [0.5, 0.6) is 5.75 Å². The Hall–Kier alpha value is -0.300. The van der Waals surface area contributed by atoms with Gasteiger partial charge in [0.15, 0.2) is 0 Å². The van der Waals surface area contributed by atoms with E-state index in [1.165, 1.54) is 7.11 Å². The van der Waals surface area contributed by atoms with E-state index in [1.54, 1.807) is 0 Å². The number of benzene rings is 1. The summed E-state index contributed by atoms with van der Waals surface area (Å²) >= 11 is 6.83. The molecule has 106 valence electrons. The van der Waals surface area contributed by atoms with Gasteiger partial charge >= 0.3 is 5.97 Å². The van der Waals surface area contributed by atoms with E-state index in [1.807, 2.05) is 18.2 Å². The zero-order chi connectivity index (χ0) is 13.1. The topological polar surface area (TPSA) is 47.6 Å². The maximum absolute atomic E-state index is 11.4. The zero-order valence-electron chi connectivity index (χ0n) is 10.2. The van der Waals surface area contributed by atoms with Gasteiger partial charge in [0, 0.05) is 17.4 Å². The first-order chi connectivity index (χ1) is 8.60. The van der Waals surface area contributed by atoms with Gasteiger partial charge in [0.2, 0.25) is 0 Å². The van der Waals surface area contributed by atoms with E-state index < -0.39 is 0 Å². The molecule has 2 unspecified atom stereocenters. The number of methoxy groups -OCH3 is 1. The van der Waals surface area contributed by atoms with Crippen LogP contribution in [0.1, 0.15) is 6.42 Å². The Kier molecular flexibility index (Phi) is 6.59. The number of carbonyl (C=O) groups excluding carboxylic acids is 1. The Morgan fingerprint density at radius 1 is 1.42 bits per heavy atom. The predicted molar refractivity (Wildman–Crippen MR) is 81.9 cm³/mol. The normalized spacial score (nSPS) is 21.6. The Labute approximate surface area is 134 Å². The van der Waals surface area contributed by atoms with Gasteiger partial charge in [-0.05, 0) is 34.1 Å². The third-order valence-corrected chi connectivity index (χ3v) is 3.88. The lowest BCUT2D eigenvalue weighted by Crippen LogP contribution is -2.31. The van der Waals surface area contributed by atoms with Crippen molar-refractivity contribution < 1.29 is 14.3 Å². The molecule has 1 aromatic rings. The third-order valence-electron chi connectivity index (χ3n) is 2.76. The summed E-state index contributed by atoms with van der Waals surface area (Å²) in [7, 11) is 1.39. The first kappa shape index (κ1) is 16.8. The maximum atomic E-state index is 11.4. The molecule has 1 aromatic carbocycles. The highest BCUT2D eigenvalue weighted by molar-refractivity contribution is 9.11. The van der Waals surface area contributed by atoms with E-state index in [2.05, 4.69) is 37.2 Å². The summed E-state index contributed by atoms with van der Waals surface area (Å²) in [5.41, 5.74) is 0. The quantitative estimate of drug-likeness (QED) is 0.772. The molecule has 1 aliphatic heterocycles. The standard InChI is InChI=1S/C12H13Br2NO3.ClH/c1-17-12(16)10-5-8(6-15-10)18-11-3-2-7(13)4-9(11)14;/h2-4,8,10,15H,5-6H2,1H3;1H. The van der Waals surface area contributed by atoms with Gasteiger partial charge in [-0.25, -0.2) is 0 Å². The monoisotopic (exact) mass is 413 g/mol. The number of nitrogens with one attached hydrogen (secondary N) is 1. The molecule has 2 atom stereocenters. The second-order valence-corrected chi connectivity index (χ2v) is 5.80. The largest absolute Gasteiger partial charge is 0.488 e. The van der Waals surface area contributed by atoms with Crippen LogP contribution in [0.25, 0.3) is 0 Å². The van der Waals surface area contributed by atoms with Crippen molar-refractivity contribution in [3.8, 4) is 5.75 Å². The molecular weight excluding hydrogens is 401 g/mol. The van der Waals surface area contributed by atoms with E-state index in [-0.39, 0.29) is 30.5 Å². The van der Waals surface area contributed by atoms with Gasteiger partial charge in [0.25, 0.3) is 0 Å². The number of rotatable bonds is 3. The average molecular weight is 416 g/mol. The van der Waals surface area contributed by atoms with Crippen molar-refractivity contribution in [1.29, 1.82) is 0 Å². The lowest BCUT2D eigenvalue weighted by molar-refractivity contribution is -0.142. The molecule has 1 N–H and O–H groups in total. The van der Waals surface area contributed by atoms with Gasteiger partial charge in [-0.15, -0.1) is 12.4 Å². The van der Waals surface area contributed by atoms with Gasteiger partial charge in [-0.2, -0.15) is 0 Å². The van der Waals surface area contributed by atoms with Gasteiger partial charge in [-0.3, -0.25) is 4.79 Å². The maximum Gasteiger partial charge on any atom is 0.323 e. The number of carbonyl (C=O) groups is 1. The molecule has 1 fully saturated rings. The minimum atomic E-state index is -0.269. The fourth-order valence-corrected chi connectivity index (χ4v) is 3.01. The molecule has 0 aromatic heterocycles. The van der Waals surface area contributed by atoms with E-state index in [4.69, 9.17) is 9.47 Å². The Balaban J connectivity index is 0.00000180. The van der Waals surface area contributed by atoms with Gasteiger partial charge in [0.05, 0.1) is 11.6 Å². The lowest BCUT2D eigenvalue weighted by Gasteiger charge is -2.14. The van der Waals surface area contributed by atoms with Crippen LogP contribution in [0.3, 0.4) is 0 Å². The summed E-state index contributed by atoms with van der Waals surface area (Å²) in [5.74, 6) is 0.534. The molecule has 0 saturated carbocycles. The fourth-order valence-electron chi connectivity index (χ4n) is 1.87. The molecule has 19 heavy (non-hydrogen) atoms. The lowest BCUT2D eigenvalue weighted by atomic mass is 10.2. The summed E-state index contributed by atoms with van der Waals surface area (Å²) in [5, 5.41) is 3.08. The highest BCUT2D eigenvalue weighted by Crippen LogP contribution is 2.30. The minimum absolute atomic E-state index is 0. The summed E-state index contributed by atoms with van der Waals surface area (Å²) in [6.07, 6.45) is 0.599. The smallest absolute Gasteiger partial charge is 0.323 e. The molecular formula is C12H14Br2ClNO3. The van der Waals surface area contributed by atoms with Crippen LogP contribution in [0.2, 0.25) is 0 Å². The number of esters is 1. The molecule has 0 spiro atoms. The van der Waals surface area contributed by atoms with Crippen LogP contribution in [-0.2, 0) is 9.53 Å². The van der Waals surface area contributed by atoms with Crippen LogP contribution in [0.4, 0.5) is 0 Å². The van der Waals surface area contributed by atoms with Crippen molar-refractivity contribution in [2.45, 2.75) is 18.6 Å². The van der Waals surface area contributed by atoms with Crippen molar-refractivity contribution in [2.75, 3.05) is 13.7 Å². The highest BCUT2D eigenvalue weighted by atomic mass is 79.9. The molecule has 0 radical (unpaired) electrons. The van der Waals surface area contributed by atoms with Crippen molar-refractivity contribution in [3.05, 3.63) is 27.1 Å². The van der Waals surface area contributed by atoms with Crippen LogP contribution >= 0.6 is 44.3 Å². The number of hydrogen-bond donors (Lipinski definition) is 1. The van der Waals surface area contributed by atoms with E-state index >= 15 is 0 Å². The zero-order valence-corrected chi connectivity index (χ0v) is 14.2. The minimum Gasteiger partial charge on any atom is -0.488 e. The van der Waals surface area contributed by atoms with Crippen molar-refractivity contribution >= 4 is 50.2 Å². The predicted octanol–water partition coefficient (Wildman–Crippen LogP) is 2.92.